The Labute approximate surface area is 286 Å². The number of carboxylic acid groups (broad SMARTS) is 2. The van der Waals surface area contributed by atoms with E-state index in [9.17, 15) is 24.0 Å². The minimum Gasteiger partial charge on any atom is -0.481 e. The number of esters is 2. The van der Waals surface area contributed by atoms with Crippen LogP contribution in [0.15, 0.2) is 0 Å². The minimum atomic E-state index is -1.57. The van der Waals surface area contributed by atoms with E-state index in [0.29, 0.717) is 119 Å². The number of carboxylic acids is 2. The molecule has 18 nitrogen and oxygen atoms in total. The fourth-order valence-electron chi connectivity index (χ4n) is 3.30. The van der Waals surface area contributed by atoms with Crippen molar-refractivity contribution >= 4 is 29.7 Å². The van der Waals surface area contributed by atoms with Crippen LogP contribution in [-0.4, -0.2) is 172 Å². The SMILES string of the molecule is O=C(O)CCCCC(=O)OCCOCCOCCOCCOCCOCCOCCOCCOCCOCCOC(=O)CCC(=O)C(=O)O. The second-order valence-corrected chi connectivity index (χ2v) is 9.78. The molecule has 0 unspecified atom stereocenters. The molecule has 0 bridgehead atoms. The molecule has 0 saturated carbocycles. The molecule has 286 valence electrons. The molecule has 2 N–H and O–H groups in total. The summed E-state index contributed by atoms with van der Waals surface area (Å²) in [5.41, 5.74) is 0. The maximum Gasteiger partial charge on any atom is 0.372 e. The van der Waals surface area contributed by atoms with E-state index < -0.39 is 30.1 Å². The molecule has 0 saturated heterocycles. The standard InChI is InChI=1S/C31H54O18/c32-27(31(37)38)5-6-30(36)49-26-24-47-22-20-45-18-16-43-14-12-41-10-8-39-7-9-40-11-13-42-15-17-44-19-21-46-23-25-48-29(35)4-2-1-3-28(33)34/h1-26H2,(H,33,34)(H,37,38). The molecule has 0 rings (SSSR count). The molecule has 0 heterocycles. The number of hydrogen-bond donors (Lipinski definition) is 2. The van der Waals surface area contributed by atoms with Crippen LogP contribution >= 0.6 is 0 Å². The van der Waals surface area contributed by atoms with Gasteiger partial charge < -0.3 is 62.3 Å². The van der Waals surface area contributed by atoms with Crippen molar-refractivity contribution in [2.75, 3.05) is 132 Å². The van der Waals surface area contributed by atoms with Crippen molar-refractivity contribution in [1.29, 1.82) is 0 Å². The summed E-state index contributed by atoms with van der Waals surface area (Å²) in [6, 6.07) is 0. The summed E-state index contributed by atoms with van der Waals surface area (Å²) in [5, 5.41) is 17.0. The van der Waals surface area contributed by atoms with Gasteiger partial charge in [0.05, 0.1) is 125 Å². The van der Waals surface area contributed by atoms with Crippen molar-refractivity contribution in [3.8, 4) is 0 Å². The molecule has 0 amide bonds. The van der Waals surface area contributed by atoms with Gasteiger partial charge in [-0.1, -0.05) is 0 Å². The van der Waals surface area contributed by atoms with Crippen LogP contribution in [0.25, 0.3) is 0 Å². The van der Waals surface area contributed by atoms with Crippen LogP contribution < -0.4 is 0 Å². The van der Waals surface area contributed by atoms with Gasteiger partial charge in [0.1, 0.15) is 13.2 Å². The zero-order chi connectivity index (χ0) is 36.0. The molecule has 0 aromatic carbocycles. The summed E-state index contributed by atoms with van der Waals surface area (Å²) in [7, 11) is 0. The Morgan fingerprint density at radius 3 is 0.878 bits per heavy atom. The molecule has 0 aliphatic heterocycles. The maximum atomic E-state index is 11.5. The molecule has 0 atom stereocenters. The highest BCUT2D eigenvalue weighted by Crippen LogP contribution is 2.01. The quantitative estimate of drug-likeness (QED) is 0.0496. The highest BCUT2D eigenvalue weighted by atomic mass is 16.6. The third-order valence-corrected chi connectivity index (χ3v) is 5.77. The van der Waals surface area contributed by atoms with Gasteiger partial charge in [0.25, 0.3) is 0 Å². The Bertz CT molecular complexity index is 839. The van der Waals surface area contributed by atoms with E-state index in [-0.39, 0.29) is 51.7 Å². The van der Waals surface area contributed by atoms with E-state index in [1.165, 1.54) is 0 Å². The summed E-state index contributed by atoms with van der Waals surface area (Å²) in [6.07, 6.45) is 0.512. The van der Waals surface area contributed by atoms with E-state index in [1.54, 1.807) is 0 Å². The molecule has 0 fully saturated rings. The third kappa shape index (κ3) is 37.9. The second kappa shape index (κ2) is 36.5. The average Bonchev–Trinajstić information content (AvgIpc) is 3.07. The van der Waals surface area contributed by atoms with Crippen molar-refractivity contribution in [3.63, 3.8) is 0 Å². The van der Waals surface area contributed by atoms with Gasteiger partial charge in [0.2, 0.25) is 5.78 Å². The maximum absolute atomic E-state index is 11.5. The molecule has 0 aromatic heterocycles. The van der Waals surface area contributed by atoms with E-state index in [0.717, 1.165) is 0 Å². The molecule has 0 aromatic rings. The highest BCUT2D eigenvalue weighted by molar-refractivity contribution is 6.32. The molecule has 0 spiro atoms. The van der Waals surface area contributed by atoms with Crippen molar-refractivity contribution in [1.82, 2.24) is 0 Å². The zero-order valence-corrected chi connectivity index (χ0v) is 28.3. The Balaban J connectivity index is 3.16. The van der Waals surface area contributed by atoms with Gasteiger partial charge in [-0.05, 0) is 12.8 Å². The first-order valence-corrected chi connectivity index (χ1v) is 16.3. The van der Waals surface area contributed by atoms with Crippen molar-refractivity contribution in [2.45, 2.75) is 38.5 Å². The van der Waals surface area contributed by atoms with Crippen LogP contribution in [0.2, 0.25) is 0 Å². The van der Waals surface area contributed by atoms with E-state index in [4.69, 9.17) is 62.3 Å². The molecular formula is C31H54O18. The lowest BCUT2D eigenvalue weighted by Gasteiger charge is -2.09. The third-order valence-electron chi connectivity index (χ3n) is 5.77. The minimum absolute atomic E-state index is 0.00384. The van der Waals surface area contributed by atoms with Gasteiger partial charge in [-0.25, -0.2) is 4.79 Å². The van der Waals surface area contributed by atoms with Gasteiger partial charge >= 0.3 is 23.9 Å². The second-order valence-electron chi connectivity index (χ2n) is 9.78. The van der Waals surface area contributed by atoms with Crippen LogP contribution in [-0.2, 0) is 76.1 Å². The lowest BCUT2D eigenvalue weighted by Crippen LogP contribution is -2.17. The number of unbranched alkanes of at least 4 members (excludes halogenated alkanes) is 1. The first-order chi connectivity index (χ1) is 23.8. The first kappa shape index (κ1) is 46.2. The van der Waals surface area contributed by atoms with Crippen LogP contribution in [0.5, 0.6) is 0 Å². The molecule has 18 heteroatoms. The first-order valence-electron chi connectivity index (χ1n) is 16.3. The smallest absolute Gasteiger partial charge is 0.372 e. The highest BCUT2D eigenvalue weighted by Gasteiger charge is 2.14. The Morgan fingerprint density at radius 2 is 0.592 bits per heavy atom. The number of hydrogen-bond acceptors (Lipinski definition) is 16. The van der Waals surface area contributed by atoms with Gasteiger partial charge in [-0.2, -0.15) is 0 Å². The zero-order valence-electron chi connectivity index (χ0n) is 28.3. The number of aliphatic carboxylic acids is 2. The summed E-state index contributed by atoms with van der Waals surface area (Å²) < 4.78 is 58.2. The van der Waals surface area contributed by atoms with Crippen LogP contribution in [0.1, 0.15) is 38.5 Å². The van der Waals surface area contributed by atoms with E-state index in [2.05, 4.69) is 0 Å². The number of ketones is 1. The number of carbonyl (C=O) groups excluding carboxylic acids is 3. The topological polar surface area (TPSA) is 227 Å². The summed E-state index contributed by atoms with van der Waals surface area (Å²) in [4.78, 5) is 54.5. The van der Waals surface area contributed by atoms with E-state index >= 15 is 0 Å². The van der Waals surface area contributed by atoms with E-state index in [1.807, 2.05) is 0 Å². The molecule has 0 radical (unpaired) electrons. The summed E-state index contributed by atoms with van der Waals surface area (Å²) >= 11 is 0. The van der Waals surface area contributed by atoms with Gasteiger partial charge in [-0.3, -0.25) is 19.2 Å². The number of rotatable bonds is 39. The molecule has 0 aliphatic rings. The van der Waals surface area contributed by atoms with Crippen molar-refractivity contribution in [3.05, 3.63) is 0 Å². The number of Topliss-reactive ketones (excluding diaryl/α,β-unsaturated/α-hetero) is 1. The lowest BCUT2D eigenvalue weighted by atomic mass is 10.2. The summed E-state index contributed by atoms with van der Waals surface area (Å²) in [6.45, 7) is 7.11. The van der Waals surface area contributed by atoms with Gasteiger partial charge in [-0.15, -0.1) is 0 Å². The average molecular weight is 715 g/mol. The van der Waals surface area contributed by atoms with Crippen LogP contribution in [0.4, 0.5) is 0 Å². The van der Waals surface area contributed by atoms with Gasteiger partial charge in [0.15, 0.2) is 0 Å². The molecule has 49 heavy (non-hydrogen) atoms. The summed E-state index contributed by atoms with van der Waals surface area (Å²) in [5.74, 6) is -4.49. The Hall–Kier alpha value is -2.81. The van der Waals surface area contributed by atoms with Gasteiger partial charge in [0, 0.05) is 19.3 Å². The lowest BCUT2D eigenvalue weighted by molar-refractivity contribution is -0.151. The fraction of sp³-hybridized carbons (Fsp3) is 0.839. The Kier molecular flexibility index (Phi) is 34.4. The monoisotopic (exact) mass is 714 g/mol. The van der Waals surface area contributed by atoms with Crippen LogP contribution in [0.3, 0.4) is 0 Å². The number of ether oxygens (including phenoxy) is 11. The number of carbonyl (C=O) groups is 5. The van der Waals surface area contributed by atoms with Crippen molar-refractivity contribution < 1.29 is 86.3 Å². The molecule has 0 aliphatic carbocycles. The predicted molar refractivity (Wildman–Crippen MR) is 167 cm³/mol. The normalized spacial score (nSPS) is 11.0. The predicted octanol–water partition coefficient (Wildman–Crippen LogP) is 0.301. The Morgan fingerprint density at radius 1 is 0.327 bits per heavy atom. The fourth-order valence-corrected chi connectivity index (χ4v) is 3.30. The van der Waals surface area contributed by atoms with Crippen LogP contribution in [0, 0.1) is 0 Å². The largest absolute Gasteiger partial charge is 0.481 e. The molecular weight excluding hydrogens is 660 g/mol. The van der Waals surface area contributed by atoms with Crippen molar-refractivity contribution in [2.24, 2.45) is 0 Å².